The fourth-order valence-corrected chi connectivity index (χ4v) is 3.51. The highest BCUT2D eigenvalue weighted by Gasteiger charge is 2.43. The molecule has 0 saturated heterocycles. The third-order valence-electron chi connectivity index (χ3n) is 4.88. The average Bonchev–Trinajstić information content (AvgIpc) is 3.42. The molecule has 0 bridgehead atoms. The van der Waals surface area contributed by atoms with Crippen LogP contribution < -0.4 is 5.32 Å². The molecule has 1 N–H and O–H groups in total. The Balaban J connectivity index is 1.97. The number of nitrogens with zero attached hydrogens (tertiary/aromatic N) is 4. The van der Waals surface area contributed by atoms with Crippen molar-refractivity contribution >= 4 is 34.6 Å². The second kappa shape index (κ2) is 7.80. The summed E-state index contributed by atoms with van der Waals surface area (Å²) in [6.45, 7) is 2.47. The van der Waals surface area contributed by atoms with E-state index in [2.05, 4.69) is 10.4 Å². The SMILES string of the molecule is Cc1c([N+](=O)[O-])cc(NC(=O)C(C)n2nc(C(F)(F)F)c(Cl)c2C2CC2)cc1[N+](=O)[O-]. The minimum atomic E-state index is -4.82. The molecular weight excluding hydrogens is 447 g/mol. The number of hydrogen-bond donors (Lipinski definition) is 1. The van der Waals surface area contributed by atoms with Crippen molar-refractivity contribution in [2.45, 2.75) is 44.8 Å². The van der Waals surface area contributed by atoms with E-state index in [0.717, 1.165) is 16.8 Å². The number of nitrogens with one attached hydrogen (secondary N) is 1. The Morgan fingerprint density at radius 1 is 1.26 bits per heavy atom. The number of hydrogen-bond acceptors (Lipinski definition) is 6. The topological polar surface area (TPSA) is 133 Å². The Morgan fingerprint density at radius 3 is 2.19 bits per heavy atom. The van der Waals surface area contributed by atoms with Crippen LogP contribution in [0.4, 0.5) is 30.2 Å². The van der Waals surface area contributed by atoms with Gasteiger partial charge in [0, 0.05) is 18.1 Å². The van der Waals surface area contributed by atoms with Gasteiger partial charge in [0.25, 0.3) is 11.4 Å². The largest absolute Gasteiger partial charge is 0.436 e. The highest BCUT2D eigenvalue weighted by Crippen LogP contribution is 2.47. The monoisotopic (exact) mass is 461 g/mol. The summed E-state index contributed by atoms with van der Waals surface area (Å²) in [7, 11) is 0. The number of nitro groups is 2. The minimum Gasteiger partial charge on any atom is -0.324 e. The number of carbonyl (C=O) groups excluding carboxylic acids is 1. The number of alkyl halides is 3. The van der Waals surface area contributed by atoms with E-state index in [1.807, 2.05) is 0 Å². The van der Waals surface area contributed by atoms with E-state index < -0.39 is 50.1 Å². The van der Waals surface area contributed by atoms with E-state index in [0.29, 0.717) is 12.8 Å². The van der Waals surface area contributed by atoms with Crippen LogP contribution in [0.3, 0.4) is 0 Å². The molecule has 1 amide bonds. The quantitative estimate of drug-likeness (QED) is 0.487. The van der Waals surface area contributed by atoms with Gasteiger partial charge in [-0.2, -0.15) is 18.3 Å². The van der Waals surface area contributed by atoms with Gasteiger partial charge in [0.15, 0.2) is 5.69 Å². The highest BCUT2D eigenvalue weighted by molar-refractivity contribution is 6.32. The van der Waals surface area contributed by atoms with Gasteiger partial charge in [0.05, 0.1) is 26.3 Å². The molecule has 1 saturated carbocycles. The van der Waals surface area contributed by atoms with Crippen LogP contribution in [0.25, 0.3) is 0 Å². The van der Waals surface area contributed by atoms with E-state index >= 15 is 0 Å². The molecule has 2 aromatic rings. The van der Waals surface area contributed by atoms with Gasteiger partial charge in [-0.25, -0.2) is 0 Å². The fraction of sp³-hybridized carbons (Fsp3) is 0.412. The summed E-state index contributed by atoms with van der Waals surface area (Å²) in [4.78, 5) is 33.4. The predicted octanol–water partition coefficient (Wildman–Crippen LogP) is 4.76. The number of carbonyl (C=O) groups is 1. The Hall–Kier alpha value is -3.22. The van der Waals surface area contributed by atoms with Gasteiger partial charge in [-0.3, -0.25) is 29.7 Å². The molecule has 1 aromatic carbocycles. The summed E-state index contributed by atoms with van der Waals surface area (Å²) < 4.78 is 40.6. The van der Waals surface area contributed by atoms with Gasteiger partial charge < -0.3 is 5.32 Å². The van der Waals surface area contributed by atoms with Gasteiger partial charge >= 0.3 is 6.18 Å². The number of rotatable bonds is 6. The summed E-state index contributed by atoms with van der Waals surface area (Å²) in [6, 6.07) is 0.599. The molecule has 1 fully saturated rings. The summed E-state index contributed by atoms with van der Waals surface area (Å²) in [5.41, 5.74) is -2.85. The molecule has 1 aliphatic carbocycles. The van der Waals surface area contributed by atoms with Crippen LogP contribution in [-0.2, 0) is 11.0 Å². The second-order valence-corrected chi connectivity index (χ2v) is 7.46. The van der Waals surface area contributed by atoms with Gasteiger partial charge in [-0.15, -0.1) is 0 Å². The van der Waals surface area contributed by atoms with Crippen molar-refractivity contribution in [3.05, 3.63) is 54.3 Å². The van der Waals surface area contributed by atoms with E-state index in [-0.39, 0.29) is 22.9 Å². The van der Waals surface area contributed by atoms with Gasteiger partial charge in [0.1, 0.15) is 11.6 Å². The first kappa shape index (κ1) is 22.5. The Bertz CT molecular complexity index is 1060. The van der Waals surface area contributed by atoms with E-state index in [1.54, 1.807) is 0 Å². The first-order valence-electron chi connectivity index (χ1n) is 8.92. The van der Waals surface area contributed by atoms with Gasteiger partial charge in [-0.1, -0.05) is 11.6 Å². The zero-order valence-electron chi connectivity index (χ0n) is 16.1. The van der Waals surface area contributed by atoms with Crippen LogP contribution >= 0.6 is 11.6 Å². The molecule has 1 atom stereocenters. The number of anilines is 1. The lowest BCUT2D eigenvalue weighted by atomic mass is 10.1. The first-order chi connectivity index (χ1) is 14.3. The number of amides is 1. The number of benzene rings is 1. The van der Waals surface area contributed by atoms with E-state index in [1.165, 1.54) is 13.8 Å². The van der Waals surface area contributed by atoms with Crippen LogP contribution in [0.1, 0.15) is 48.7 Å². The first-order valence-corrected chi connectivity index (χ1v) is 9.30. The zero-order chi connectivity index (χ0) is 23.2. The Morgan fingerprint density at radius 2 is 1.77 bits per heavy atom. The Kier molecular flexibility index (Phi) is 5.65. The van der Waals surface area contributed by atoms with Crippen molar-refractivity contribution in [2.24, 2.45) is 0 Å². The molecule has 14 heteroatoms. The van der Waals surface area contributed by atoms with Crippen LogP contribution in [-0.4, -0.2) is 25.5 Å². The van der Waals surface area contributed by atoms with Crippen LogP contribution in [0.5, 0.6) is 0 Å². The van der Waals surface area contributed by atoms with Crippen molar-refractivity contribution in [3.63, 3.8) is 0 Å². The van der Waals surface area contributed by atoms with Gasteiger partial charge in [0.2, 0.25) is 5.91 Å². The summed E-state index contributed by atoms with van der Waals surface area (Å²) in [6.07, 6.45) is -3.64. The molecule has 1 aliphatic rings. The summed E-state index contributed by atoms with van der Waals surface area (Å²) in [5.74, 6) is -1.14. The standard InChI is InChI=1S/C17H15ClF3N5O5/c1-7-11(25(28)29)5-10(6-12(7)26(30)31)22-16(27)8(2)24-14(9-3-4-9)13(18)15(23-24)17(19,20)21/h5-6,8-9H,3-4H2,1-2H3,(H,22,27). The van der Waals surface area contributed by atoms with Crippen molar-refractivity contribution < 1.29 is 27.8 Å². The molecule has 166 valence electrons. The molecule has 10 nitrogen and oxygen atoms in total. The normalized spacial score (nSPS) is 14.9. The molecule has 31 heavy (non-hydrogen) atoms. The summed E-state index contributed by atoms with van der Waals surface area (Å²) >= 11 is 5.90. The molecule has 0 aliphatic heterocycles. The molecule has 0 spiro atoms. The van der Waals surface area contributed by atoms with Crippen LogP contribution in [0.2, 0.25) is 5.02 Å². The molecular formula is C17H15ClF3N5O5. The van der Waals surface area contributed by atoms with Crippen molar-refractivity contribution in [3.8, 4) is 0 Å². The van der Waals surface area contributed by atoms with Crippen molar-refractivity contribution in [1.82, 2.24) is 9.78 Å². The molecule has 0 radical (unpaired) electrons. The lowest BCUT2D eigenvalue weighted by molar-refractivity contribution is -0.395. The van der Waals surface area contributed by atoms with Crippen LogP contribution in [0.15, 0.2) is 12.1 Å². The maximum Gasteiger partial charge on any atom is 0.436 e. The smallest absolute Gasteiger partial charge is 0.324 e. The molecule has 1 aromatic heterocycles. The van der Waals surface area contributed by atoms with Crippen molar-refractivity contribution in [1.29, 1.82) is 0 Å². The van der Waals surface area contributed by atoms with Crippen molar-refractivity contribution in [2.75, 3.05) is 5.32 Å². The lowest BCUT2D eigenvalue weighted by Gasteiger charge is -2.16. The molecule has 3 rings (SSSR count). The molecule has 1 heterocycles. The fourth-order valence-electron chi connectivity index (χ4n) is 3.12. The third-order valence-corrected chi connectivity index (χ3v) is 5.25. The zero-order valence-corrected chi connectivity index (χ0v) is 16.8. The lowest BCUT2D eigenvalue weighted by Crippen LogP contribution is -2.26. The van der Waals surface area contributed by atoms with E-state index in [9.17, 15) is 38.2 Å². The number of halogens is 4. The maximum absolute atomic E-state index is 13.2. The maximum atomic E-state index is 13.2. The number of nitro benzene ring substituents is 2. The van der Waals surface area contributed by atoms with Gasteiger partial charge in [-0.05, 0) is 26.7 Å². The third kappa shape index (κ3) is 4.31. The average molecular weight is 462 g/mol. The number of aromatic nitrogens is 2. The predicted molar refractivity (Wildman–Crippen MR) is 102 cm³/mol. The molecule has 1 unspecified atom stereocenters. The minimum absolute atomic E-state index is 0.0810. The second-order valence-electron chi connectivity index (χ2n) is 7.08. The Labute approximate surface area is 177 Å². The van der Waals surface area contributed by atoms with E-state index in [4.69, 9.17) is 11.6 Å². The summed E-state index contributed by atoms with van der Waals surface area (Å²) in [5, 5.41) is 27.6. The highest BCUT2D eigenvalue weighted by atomic mass is 35.5. The van der Waals surface area contributed by atoms with Crippen LogP contribution in [0, 0.1) is 27.2 Å².